The van der Waals surface area contributed by atoms with E-state index in [2.05, 4.69) is 17.1 Å². The fraction of sp³-hybridized carbons (Fsp3) is 1.00. The van der Waals surface area contributed by atoms with Gasteiger partial charge in [0.25, 0.3) is 0 Å². The molecule has 0 aromatic heterocycles. The van der Waals surface area contributed by atoms with Gasteiger partial charge in [-0.05, 0) is 18.8 Å². The first-order valence-electron chi connectivity index (χ1n) is 5.28. The number of rotatable bonds is 1. The van der Waals surface area contributed by atoms with E-state index in [9.17, 15) is 0 Å². The van der Waals surface area contributed by atoms with Gasteiger partial charge in [0.1, 0.15) is 0 Å². The molecule has 1 unspecified atom stereocenters. The first-order chi connectivity index (χ1) is 5.97. The van der Waals surface area contributed by atoms with Crippen LogP contribution in [0.25, 0.3) is 0 Å². The molecule has 1 atom stereocenters. The molecule has 1 N–H and O–H groups in total. The fourth-order valence-corrected chi connectivity index (χ4v) is 3.52. The number of nitrogens with one attached hydrogen (secondary N) is 1. The SMILES string of the molecule is C1CCCC(C2CSCN2)CC1. The van der Waals surface area contributed by atoms with Gasteiger partial charge in [-0.15, -0.1) is 11.8 Å². The van der Waals surface area contributed by atoms with E-state index in [1.165, 1.54) is 50.2 Å². The Morgan fingerprint density at radius 2 is 1.75 bits per heavy atom. The Morgan fingerprint density at radius 3 is 2.33 bits per heavy atom. The van der Waals surface area contributed by atoms with E-state index in [-0.39, 0.29) is 0 Å². The van der Waals surface area contributed by atoms with E-state index >= 15 is 0 Å². The Bertz CT molecular complexity index is 124. The lowest BCUT2D eigenvalue weighted by Gasteiger charge is -2.20. The monoisotopic (exact) mass is 185 g/mol. The van der Waals surface area contributed by atoms with Gasteiger partial charge in [0.15, 0.2) is 0 Å². The second-order valence-corrected chi connectivity index (χ2v) is 5.11. The highest BCUT2D eigenvalue weighted by atomic mass is 32.2. The molecule has 1 aliphatic carbocycles. The second kappa shape index (κ2) is 4.52. The predicted molar refractivity (Wildman–Crippen MR) is 55.4 cm³/mol. The van der Waals surface area contributed by atoms with E-state index < -0.39 is 0 Å². The van der Waals surface area contributed by atoms with Crippen LogP contribution in [0, 0.1) is 5.92 Å². The molecule has 2 fully saturated rings. The molecule has 0 aromatic rings. The standard InChI is InChI=1S/C10H19NS/c1-2-4-6-9(5-3-1)10-7-12-8-11-10/h9-11H,1-8H2. The van der Waals surface area contributed by atoms with Crippen LogP contribution in [0.2, 0.25) is 0 Å². The molecule has 1 aliphatic heterocycles. The lowest BCUT2D eigenvalue weighted by atomic mass is 9.93. The van der Waals surface area contributed by atoms with E-state index in [4.69, 9.17) is 0 Å². The van der Waals surface area contributed by atoms with Gasteiger partial charge >= 0.3 is 0 Å². The molecule has 1 heterocycles. The van der Waals surface area contributed by atoms with Gasteiger partial charge in [0.2, 0.25) is 0 Å². The van der Waals surface area contributed by atoms with Crippen molar-refractivity contribution in [3.63, 3.8) is 0 Å². The first kappa shape index (κ1) is 8.89. The van der Waals surface area contributed by atoms with Gasteiger partial charge < -0.3 is 5.32 Å². The largest absolute Gasteiger partial charge is 0.304 e. The molecule has 1 saturated carbocycles. The summed E-state index contributed by atoms with van der Waals surface area (Å²) in [5.41, 5.74) is 0. The van der Waals surface area contributed by atoms with Crippen LogP contribution in [-0.4, -0.2) is 17.7 Å². The molecule has 2 aliphatic rings. The minimum absolute atomic E-state index is 0.855. The van der Waals surface area contributed by atoms with Gasteiger partial charge in [0.05, 0.1) is 0 Å². The van der Waals surface area contributed by atoms with Crippen LogP contribution in [-0.2, 0) is 0 Å². The van der Waals surface area contributed by atoms with Crippen molar-refractivity contribution in [3.05, 3.63) is 0 Å². The summed E-state index contributed by atoms with van der Waals surface area (Å²) in [5.74, 6) is 3.56. The summed E-state index contributed by atoms with van der Waals surface area (Å²) in [6, 6.07) is 0.855. The average molecular weight is 185 g/mol. The maximum absolute atomic E-state index is 3.62. The minimum Gasteiger partial charge on any atom is -0.304 e. The molecule has 2 heteroatoms. The van der Waals surface area contributed by atoms with Gasteiger partial charge in [-0.2, -0.15) is 0 Å². The Labute approximate surface area is 79.7 Å². The van der Waals surface area contributed by atoms with Gasteiger partial charge in [0, 0.05) is 17.7 Å². The molecular weight excluding hydrogens is 166 g/mol. The molecule has 0 radical (unpaired) electrons. The molecule has 0 aromatic carbocycles. The van der Waals surface area contributed by atoms with Gasteiger partial charge in [-0.3, -0.25) is 0 Å². The van der Waals surface area contributed by atoms with Crippen LogP contribution in [0.4, 0.5) is 0 Å². The predicted octanol–water partition coefficient (Wildman–Crippen LogP) is 2.62. The summed E-state index contributed by atoms with van der Waals surface area (Å²) in [6.07, 6.45) is 8.89. The summed E-state index contributed by atoms with van der Waals surface area (Å²) in [6.45, 7) is 0. The smallest absolute Gasteiger partial charge is 0.0420 e. The normalized spacial score (nSPS) is 33.5. The third kappa shape index (κ3) is 2.17. The summed E-state index contributed by atoms with van der Waals surface area (Å²) in [4.78, 5) is 0. The Balaban J connectivity index is 1.83. The van der Waals surface area contributed by atoms with Crippen molar-refractivity contribution in [2.75, 3.05) is 11.6 Å². The van der Waals surface area contributed by atoms with Crippen LogP contribution in [0.1, 0.15) is 38.5 Å². The van der Waals surface area contributed by atoms with E-state index in [1.54, 1.807) is 0 Å². The Hall–Kier alpha value is 0.310. The molecule has 1 nitrogen and oxygen atoms in total. The molecule has 2 rings (SSSR count). The lowest BCUT2D eigenvalue weighted by Crippen LogP contribution is -2.32. The minimum atomic E-state index is 0.855. The van der Waals surface area contributed by atoms with Crippen LogP contribution < -0.4 is 5.32 Å². The molecule has 0 spiro atoms. The second-order valence-electron chi connectivity index (χ2n) is 4.08. The van der Waals surface area contributed by atoms with Crippen LogP contribution in [0.3, 0.4) is 0 Å². The van der Waals surface area contributed by atoms with Crippen LogP contribution >= 0.6 is 11.8 Å². The van der Waals surface area contributed by atoms with Crippen molar-refractivity contribution in [3.8, 4) is 0 Å². The molecule has 70 valence electrons. The average Bonchev–Trinajstić information content (AvgIpc) is 2.48. The summed E-state index contributed by atoms with van der Waals surface area (Å²) in [5, 5.41) is 3.62. The zero-order valence-corrected chi connectivity index (χ0v) is 8.54. The third-order valence-electron chi connectivity index (χ3n) is 3.21. The molecule has 0 bridgehead atoms. The van der Waals surface area contributed by atoms with Crippen LogP contribution in [0.15, 0.2) is 0 Å². The first-order valence-corrected chi connectivity index (χ1v) is 6.43. The molecule has 0 amide bonds. The summed E-state index contributed by atoms with van der Waals surface area (Å²) >= 11 is 2.07. The lowest BCUT2D eigenvalue weighted by molar-refractivity contribution is 0.364. The van der Waals surface area contributed by atoms with Crippen molar-refractivity contribution in [1.82, 2.24) is 5.32 Å². The fourth-order valence-electron chi connectivity index (χ4n) is 2.43. The summed E-state index contributed by atoms with van der Waals surface area (Å²) < 4.78 is 0. The van der Waals surface area contributed by atoms with E-state index in [1.807, 2.05) is 0 Å². The van der Waals surface area contributed by atoms with Gasteiger partial charge in [-0.1, -0.05) is 25.7 Å². The van der Waals surface area contributed by atoms with Crippen molar-refractivity contribution in [2.24, 2.45) is 5.92 Å². The van der Waals surface area contributed by atoms with Crippen molar-refractivity contribution in [2.45, 2.75) is 44.6 Å². The maximum atomic E-state index is 3.62. The quantitative estimate of drug-likeness (QED) is 0.630. The number of thioether (sulfide) groups is 1. The molecule has 12 heavy (non-hydrogen) atoms. The number of hydrogen-bond donors (Lipinski definition) is 1. The Kier molecular flexibility index (Phi) is 3.35. The van der Waals surface area contributed by atoms with E-state index in [0.29, 0.717) is 0 Å². The molecular formula is C10H19NS. The number of hydrogen-bond acceptors (Lipinski definition) is 2. The Morgan fingerprint density at radius 1 is 1.00 bits per heavy atom. The highest BCUT2D eigenvalue weighted by Crippen LogP contribution is 2.29. The van der Waals surface area contributed by atoms with Crippen molar-refractivity contribution >= 4 is 11.8 Å². The van der Waals surface area contributed by atoms with E-state index in [0.717, 1.165) is 12.0 Å². The van der Waals surface area contributed by atoms with Gasteiger partial charge in [-0.25, -0.2) is 0 Å². The highest BCUT2D eigenvalue weighted by Gasteiger charge is 2.24. The molecule has 1 saturated heterocycles. The maximum Gasteiger partial charge on any atom is 0.0420 e. The summed E-state index contributed by atoms with van der Waals surface area (Å²) in [7, 11) is 0. The van der Waals surface area contributed by atoms with Crippen molar-refractivity contribution in [1.29, 1.82) is 0 Å². The van der Waals surface area contributed by atoms with Crippen LogP contribution in [0.5, 0.6) is 0 Å². The zero-order chi connectivity index (χ0) is 8.23. The topological polar surface area (TPSA) is 12.0 Å². The van der Waals surface area contributed by atoms with Crippen molar-refractivity contribution < 1.29 is 0 Å². The highest BCUT2D eigenvalue weighted by molar-refractivity contribution is 7.99. The third-order valence-corrected chi connectivity index (χ3v) is 4.18. The zero-order valence-electron chi connectivity index (χ0n) is 7.72.